The Morgan fingerprint density at radius 3 is 2.92 bits per heavy atom. The maximum Gasteiger partial charge on any atom is 0.245 e. The summed E-state index contributed by atoms with van der Waals surface area (Å²) >= 11 is 0. The van der Waals surface area contributed by atoms with Crippen LogP contribution < -0.4 is 0 Å². The molecule has 3 heterocycles. The minimum atomic E-state index is -3.70. The molecule has 0 aliphatic carbocycles. The van der Waals surface area contributed by atoms with Gasteiger partial charge in [-0.3, -0.25) is 5.10 Å². The summed E-state index contributed by atoms with van der Waals surface area (Å²) in [7, 11) is -3.70. The lowest BCUT2D eigenvalue weighted by Crippen LogP contribution is -2.11. The van der Waals surface area contributed by atoms with Gasteiger partial charge in [-0.2, -0.15) is 10.1 Å². The molecule has 4 aromatic rings. The van der Waals surface area contributed by atoms with Crippen molar-refractivity contribution in [3.8, 4) is 11.6 Å². The number of nitrogens with zero attached hydrogens (tertiary/aromatic N) is 4. The van der Waals surface area contributed by atoms with Gasteiger partial charge in [0, 0.05) is 5.39 Å². The van der Waals surface area contributed by atoms with Gasteiger partial charge in [-0.15, -0.1) is 0 Å². The zero-order valence-corrected chi connectivity index (χ0v) is 13.2. The van der Waals surface area contributed by atoms with Crippen molar-refractivity contribution < 1.29 is 17.4 Å². The average molecular weight is 345 g/mol. The number of aromatic amines is 1. The quantitative estimate of drug-likeness (QED) is 0.596. The van der Waals surface area contributed by atoms with Crippen LogP contribution in [0.4, 0.5) is 0 Å². The molecule has 0 amide bonds. The predicted octanol–water partition coefficient (Wildman–Crippen LogP) is 2.14. The van der Waals surface area contributed by atoms with E-state index in [9.17, 15) is 8.42 Å². The van der Waals surface area contributed by atoms with Crippen LogP contribution in [0, 0.1) is 0 Å². The number of sulfone groups is 1. The lowest BCUT2D eigenvalue weighted by atomic mass is 10.3. The van der Waals surface area contributed by atoms with E-state index >= 15 is 0 Å². The summed E-state index contributed by atoms with van der Waals surface area (Å²) in [5.74, 6) is 0.429. The zero-order chi connectivity index (χ0) is 16.7. The highest BCUT2D eigenvalue weighted by Gasteiger charge is 2.30. The Hall–Kier alpha value is -3.01. The third-order valence-electron chi connectivity index (χ3n) is 3.63. The van der Waals surface area contributed by atoms with Gasteiger partial charge in [-0.1, -0.05) is 5.16 Å². The fourth-order valence-electron chi connectivity index (χ4n) is 2.27. The van der Waals surface area contributed by atoms with Gasteiger partial charge in [0.05, 0.1) is 11.2 Å². The second-order valence-corrected chi connectivity index (χ2v) is 7.37. The van der Waals surface area contributed by atoms with Crippen molar-refractivity contribution in [3.05, 3.63) is 42.7 Å². The molecule has 0 aliphatic heterocycles. The average Bonchev–Trinajstić information content (AvgIpc) is 3.32. The first-order valence-corrected chi connectivity index (χ1v) is 8.51. The SMILES string of the molecule is CC(c1nc(-c2ncn[nH]2)no1)S(=O)(=O)c1ccc2occc2c1. The smallest absolute Gasteiger partial charge is 0.245 e. The fourth-order valence-corrected chi connectivity index (χ4v) is 3.59. The summed E-state index contributed by atoms with van der Waals surface area (Å²) in [4.78, 5) is 8.14. The van der Waals surface area contributed by atoms with Gasteiger partial charge in [0.25, 0.3) is 0 Å². The largest absolute Gasteiger partial charge is 0.464 e. The van der Waals surface area contributed by atoms with Crippen LogP contribution >= 0.6 is 0 Å². The monoisotopic (exact) mass is 345 g/mol. The molecule has 10 heteroatoms. The Morgan fingerprint density at radius 2 is 2.12 bits per heavy atom. The molecule has 1 atom stereocenters. The van der Waals surface area contributed by atoms with E-state index in [1.165, 1.54) is 25.6 Å². The normalized spacial score (nSPS) is 13.4. The summed E-state index contributed by atoms with van der Waals surface area (Å²) < 4.78 is 35.9. The molecule has 9 nitrogen and oxygen atoms in total. The number of fused-ring (bicyclic) bond motifs is 1. The Kier molecular flexibility index (Phi) is 3.20. The van der Waals surface area contributed by atoms with E-state index in [1.807, 2.05) is 0 Å². The maximum absolute atomic E-state index is 12.8. The van der Waals surface area contributed by atoms with Crippen LogP contribution in [0.25, 0.3) is 22.6 Å². The van der Waals surface area contributed by atoms with Gasteiger partial charge in [0.2, 0.25) is 11.7 Å². The van der Waals surface area contributed by atoms with Gasteiger partial charge >= 0.3 is 0 Å². The van der Waals surface area contributed by atoms with Crippen LogP contribution in [-0.2, 0) is 9.84 Å². The number of aromatic nitrogens is 5. The number of hydrogen-bond acceptors (Lipinski definition) is 8. The molecule has 0 saturated carbocycles. The molecule has 0 saturated heterocycles. The van der Waals surface area contributed by atoms with Crippen LogP contribution in [0.3, 0.4) is 0 Å². The lowest BCUT2D eigenvalue weighted by Gasteiger charge is -2.08. The van der Waals surface area contributed by atoms with Crippen LogP contribution in [0.15, 0.2) is 50.7 Å². The molecule has 0 fully saturated rings. The second kappa shape index (κ2) is 5.27. The maximum atomic E-state index is 12.8. The van der Waals surface area contributed by atoms with Crippen molar-refractivity contribution >= 4 is 20.8 Å². The highest BCUT2D eigenvalue weighted by molar-refractivity contribution is 7.91. The van der Waals surface area contributed by atoms with Crippen LogP contribution in [0.5, 0.6) is 0 Å². The van der Waals surface area contributed by atoms with Gasteiger partial charge < -0.3 is 8.94 Å². The third kappa shape index (κ3) is 2.27. The number of H-pyrrole nitrogens is 1. The molecular formula is C14H11N5O4S. The minimum Gasteiger partial charge on any atom is -0.464 e. The molecular weight excluding hydrogens is 334 g/mol. The molecule has 122 valence electrons. The number of hydrogen-bond donors (Lipinski definition) is 1. The summed E-state index contributed by atoms with van der Waals surface area (Å²) in [6.45, 7) is 1.49. The van der Waals surface area contributed by atoms with Crippen LogP contribution in [-0.4, -0.2) is 33.7 Å². The van der Waals surface area contributed by atoms with E-state index < -0.39 is 15.1 Å². The summed E-state index contributed by atoms with van der Waals surface area (Å²) in [6, 6.07) is 6.36. The van der Waals surface area contributed by atoms with Gasteiger partial charge in [-0.25, -0.2) is 13.4 Å². The van der Waals surface area contributed by atoms with Crippen molar-refractivity contribution in [1.29, 1.82) is 0 Å². The third-order valence-corrected chi connectivity index (χ3v) is 5.68. The van der Waals surface area contributed by atoms with Gasteiger partial charge in [0.1, 0.15) is 17.2 Å². The highest BCUT2D eigenvalue weighted by atomic mass is 32.2. The highest BCUT2D eigenvalue weighted by Crippen LogP contribution is 2.30. The minimum absolute atomic E-state index is 0.0197. The topological polar surface area (TPSA) is 128 Å². The number of nitrogens with one attached hydrogen (secondary N) is 1. The van der Waals surface area contributed by atoms with Crippen molar-refractivity contribution in [3.63, 3.8) is 0 Å². The first-order chi connectivity index (χ1) is 11.6. The van der Waals surface area contributed by atoms with E-state index in [-0.39, 0.29) is 16.6 Å². The predicted molar refractivity (Wildman–Crippen MR) is 81.5 cm³/mol. The van der Waals surface area contributed by atoms with E-state index in [2.05, 4.69) is 25.3 Å². The Labute approximate surface area is 135 Å². The molecule has 0 spiro atoms. The number of benzene rings is 1. The van der Waals surface area contributed by atoms with E-state index in [4.69, 9.17) is 8.94 Å². The Balaban J connectivity index is 1.71. The van der Waals surface area contributed by atoms with Gasteiger partial charge in [-0.05, 0) is 31.2 Å². The van der Waals surface area contributed by atoms with E-state index in [0.717, 1.165) is 0 Å². The summed E-state index contributed by atoms with van der Waals surface area (Å²) in [5.41, 5.74) is 0.618. The van der Waals surface area contributed by atoms with Crippen LogP contribution in [0.2, 0.25) is 0 Å². The van der Waals surface area contributed by atoms with Crippen molar-refractivity contribution in [2.75, 3.05) is 0 Å². The van der Waals surface area contributed by atoms with Crippen LogP contribution in [0.1, 0.15) is 18.1 Å². The van der Waals surface area contributed by atoms with Gasteiger partial charge in [0.15, 0.2) is 15.7 Å². The standard InChI is InChI=1S/C14H11N5O4S/c1-8(14-17-13(19-23-14)12-15-7-16-18-12)24(20,21)10-2-3-11-9(6-10)4-5-22-11/h2-8H,1H3,(H,15,16,18). The molecule has 4 rings (SSSR count). The lowest BCUT2D eigenvalue weighted by molar-refractivity contribution is 0.376. The van der Waals surface area contributed by atoms with Crippen molar-refractivity contribution in [2.45, 2.75) is 17.1 Å². The fraction of sp³-hybridized carbons (Fsp3) is 0.143. The molecule has 1 aromatic carbocycles. The number of rotatable bonds is 4. The van der Waals surface area contributed by atoms with E-state index in [0.29, 0.717) is 16.8 Å². The van der Waals surface area contributed by atoms with E-state index in [1.54, 1.807) is 18.2 Å². The number of furan rings is 1. The molecule has 0 aliphatic rings. The molecule has 1 unspecified atom stereocenters. The van der Waals surface area contributed by atoms with Crippen molar-refractivity contribution in [1.82, 2.24) is 25.3 Å². The first-order valence-electron chi connectivity index (χ1n) is 6.96. The molecule has 0 bridgehead atoms. The van der Waals surface area contributed by atoms with Crippen molar-refractivity contribution in [2.24, 2.45) is 0 Å². The molecule has 24 heavy (non-hydrogen) atoms. The Morgan fingerprint density at radius 1 is 1.25 bits per heavy atom. The first kappa shape index (κ1) is 14.6. The molecule has 0 radical (unpaired) electrons. The molecule has 1 N–H and O–H groups in total. The molecule has 3 aromatic heterocycles. The Bertz CT molecular complexity index is 1100. The summed E-state index contributed by atoms with van der Waals surface area (Å²) in [5, 5.41) is 9.70. The summed E-state index contributed by atoms with van der Waals surface area (Å²) in [6.07, 6.45) is 2.80. The second-order valence-electron chi connectivity index (χ2n) is 5.10. The zero-order valence-electron chi connectivity index (χ0n) is 12.4.